The zero-order valence-electron chi connectivity index (χ0n) is 10.4. The lowest BCUT2D eigenvalue weighted by molar-refractivity contribution is 0.308. The Hall–Kier alpha value is -1.68. The standard InChI is InChI=1S/C14H18N4/c15-10-14-17-16-13(9-11-5-4-6-11)18(14)12-7-2-1-3-8-12/h1-3,7-8,11H,4-6,9-10,15H2. The smallest absolute Gasteiger partial charge is 0.151 e. The molecule has 0 bridgehead atoms. The van der Waals surface area contributed by atoms with Gasteiger partial charge in [-0.15, -0.1) is 10.2 Å². The zero-order chi connectivity index (χ0) is 12.4. The van der Waals surface area contributed by atoms with E-state index in [1.807, 2.05) is 18.2 Å². The molecule has 1 saturated carbocycles. The molecule has 0 amide bonds. The Morgan fingerprint density at radius 2 is 1.83 bits per heavy atom. The Bertz CT molecular complexity index is 514. The van der Waals surface area contributed by atoms with E-state index in [0.717, 1.165) is 29.7 Å². The Labute approximate surface area is 107 Å². The fourth-order valence-corrected chi connectivity index (χ4v) is 2.45. The molecular weight excluding hydrogens is 224 g/mol. The van der Waals surface area contributed by atoms with Gasteiger partial charge in [0.15, 0.2) is 5.82 Å². The van der Waals surface area contributed by atoms with Crippen molar-refractivity contribution in [1.82, 2.24) is 14.8 Å². The van der Waals surface area contributed by atoms with Gasteiger partial charge in [0.25, 0.3) is 0 Å². The number of aromatic nitrogens is 3. The fourth-order valence-electron chi connectivity index (χ4n) is 2.45. The van der Waals surface area contributed by atoms with Crippen molar-refractivity contribution in [3.8, 4) is 5.69 Å². The van der Waals surface area contributed by atoms with Gasteiger partial charge in [-0.3, -0.25) is 4.57 Å². The molecule has 1 aliphatic carbocycles. The molecule has 2 N–H and O–H groups in total. The van der Waals surface area contributed by atoms with Crippen molar-refractivity contribution in [3.05, 3.63) is 42.0 Å². The van der Waals surface area contributed by atoms with Gasteiger partial charge in [-0.1, -0.05) is 37.5 Å². The van der Waals surface area contributed by atoms with Gasteiger partial charge in [0, 0.05) is 12.1 Å². The Morgan fingerprint density at radius 3 is 2.44 bits per heavy atom. The second kappa shape index (κ2) is 4.90. The summed E-state index contributed by atoms with van der Waals surface area (Å²) in [6, 6.07) is 10.2. The summed E-state index contributed by atoms with van der Waals surface area (Å²) < 4.78 is 2.11. The van der Waals surface area contributed by atoms with E-state index in [1.165, 1.54) is 19.3 Å². The largest absolute Gasteiger partial charge is 0.324 e. The van der Waals surface area contributed by atoms with E-state index in [0.29, 0.717) is 6.54 Å². The first-order valence-corrected chi connectivity index (χ1v) is 6.57. The molecule has 1 aliphatic rings. The monoisotopic (exact) mass is 242 g/mol. The molecule has 0 atom stereocenters. The minimum Gasteiger partial charge on any atom is -0.324 e. The first-order valence-electron chi connectivity index (χ1n) is 6.57. The van der Waals surface area contributed by atoms with E-state index in [2.05, 4.69) is 26.9 Å². The van der Waals surface area contributed by atoms with Gasteiger partial charge in [-0.2, -0.15) is 0 Å². The molecule has 1 fully saturated rings. The Kier molecular flexibility index (Phi) is 3.11. The van der Waals surface area contributed by atoms with E-state index in [4.69, 9.17) is 5.73 Å². The summed E-state index contributed by atoms with van der Waals surface area (Å²) in [5.41, 5.74) is 6.86. The van der Waals surface area contributed by atoms with Gasteiger partial charge >= 0.3 is 0 Å². The maximum Gasteiger partial charge on any atom is 0.151 e. The molecule has 18 heavy (non-hydrogen) atoms. The minimum absolute atomic E-state index is 0.423. The molecule has 3 rings (SSSR count). The van der Waals surface area contributed by atoms with Gasteiger partial charge in [-0.05, 0) is 18.1 Å². The molecule has 1 aromatic carbocycles. The fraction of sp³-hybridized carbons (Fsp3) is 0.429. The summed E-state index contributed by atoms with van der Waals surface area (Å²) in [6.45, 7) is 0.423. The number of nitrogens with zero attached hydrogens (tertiary/aromatic N) is 3. The topological polar surface area (TPSA) is 56.7 Å². The van der Waals surface area contributed by atoms with Crippen LogP contribution in [0.5, 0.6) is 0 Å². The Morgan fingerprint density at radius 1 is 1.11 bits per heavy atom. The first kappa shape index (κ1) is 11.4. The molecule has 2 aromatic rings. The molecular formula is C14H18N4. The molecule has 4 nitrogen and oxygen atoms in total. The van der Waals surface area contributed by atoms with Crippen molar-refractivity contribution in [2.75, 3.05) is 0 Å². The third-order valence-corrected chi connectivity index (χ3v) is 3.69. The molecule has 94 valence electrons. The van der Waals surface area contributed by atoms with Crippen LogP contribution in [0, 0.1) is 5.92 Å². The lowest BCUT2D eigenvalue weighted by atomic mass is 9.83. The van der Waals surface area contributed by atoms with Crippen LogP contribution in [0.2, 0.25) is 0 Å². The van der Waals surface area contributed by atoms with Crippen molar-refractivity contribution in [2.24, 2.45) is 11.7 Å². The molecule has 0 spiro atoms. The maximum atomic E-state index is 5.76. The van der Waals surface area contributed by atoms with Crippen LogP contribution in [0.3, 0.4) is 0 Å². The summed E-state index contributed by atoms with van der Waals surface area (Å²) in [5, 5.41) is 8.53. The van der Waals surface area contributed by atoms with Crippen LogP contribution >= 0.6 is 0 Å². The predicted molar refractivity (Wildman–Crippen MR) is 70.3 cm³/mol. The lowest BCUT2D eigenvalue weighted by Crippen LogP contribution is -2.17. The average Bonchev–Trinajstić information content (AvgIpc) is 2.77. The third kappa shape index (κ3) is 2.04. The number of benzene rings is 1. The van der Waals surface area contributed by atoms with Gasteiger partial charge in [0.05, 0.1) is 6.54 Å². The molecule has 4 heteroatoms. The van der Waals surface area contributed by atoms with Gasteiger partial charge < -0.3 is 5.73 Å². The van der Waals surface area contributed by atoms with Crippen LogP contribution in [-0.4, -0.2) is 14.8 Å². The number of nitrogens with two attached hydrogens (primary N) is 1. The van der Waals surface area contributed by atoms with Crippen LogP contribution < -0.4 is 5.73 Å². The van der Waals surface area contributed by atoms with Crippen molar-refractivity contribution < 1.29 is 0 Å². The van der Waals surface area contributed by atoms with E-state index in [9.17, 15) is 0 Å². The second-order valence-electron chi connectivity index (χ2n) is 4.91. The van der Waals surface area contributed by atoms with Gasteiger partial charge in [0.1, 0.15) is 5.82 Å². The molecule has 1 heterocycles. The van der Waals surface area contributed by atoms with Crippen LogP contribution in [-0.2, 0) is 13.0 Å². The summed E-state index contributed by atoms with van der Waals surface area (Å²) >= 11 is 0. The number of hydrogen-bond acceptors (Lipinski definition) is 3. The molecule has 0 radical (unpaired) electrons. The normalized spacial score (nSPS) is 15.6. The third-order valence-electron chi connectivity index (χ3n) is 3.69. The SMILES string of the molecule is NCc1nnc(CC2CCC2)n1-c1ccccc1. The van der Waals surface area contributed by atoms with Crippen molar-refractivity contribution in [1.29, 1.82) is 0 Å². The summed E-state index contributed by atoms with van der Waals surface area (Å²) in [5.74, 6) is 2.67. The van der Waals surface area contributed by atoms with E-state index < -0.39 is 0 Å². The van der Waals surface area contributed by atoms with Gasteiger partial charge in [0.2, 0.25) is 0 Å². The quantitative estimate of drug-likeness (QED) is 0.893. The molecule has 1 aromatic heterocycles. The van der Waals surface area contributed by atoms with Crippen molar-refractivity contribution in [2.45, 2.75) is 32.2 Å². The highest BCUT2D eigenvalue weighted by atomic mass is 15.3. The van der Waals surface area contributed by atoms with E-state index >= 15 is 0 Å². The van der Waals surface area contributed by atoms with E-state index in [-0.39, 0.29) is 0 Å². The predicted octanol–water partition coefficient (Wildman–Crippen LogP) is 2.07. The maximum absolute atomic E-state index is 5.76. The molecule has 0 saturated heterocycles. The van der Waals surface area contributed by atoms with Crippen LogP contribution in [0.1, 0.15) is 30.9 Å². The second-order valence-corrected chi connectivity index (χ2v) is 4.91. The van der Waals surface area contributed by atoms with Crippen LogP contribution in [0.4, 0.5) is 0 Å². The Balaban J connectivity index is 1.96. The summed E-state index contributed by atoms with van der Waals surface area (Å²) in [4.78, 5) is 0. The highest BCUT2D eigenvalue weighted by Crippen LogP contribution is 2.30. The highest BCUT2D eigenvalue weighted by Gasteiger charge is 2.22. The van der Waals surface area contributed by atoms with Crippen molar-refractivity contribution in [3.63, 3.8) is 0 Å². The lowest BCUT2D eigenvalue weighted by Gasteiger charge is -2.24. The molecule has 0 aliphatic heterocycles. The number of rotatable bonds is 4. The first-order chi connectivity index (χ1) is 8.88. The molecule has 0 unspecified atom stereocenters. The van der Waals surface area contributed by atoms with Crippen LogP contribution in [0.25, 0.3) is 5.69 Å². The van der Waals surface area contributed by atoms with Crippen LogP contribution in [0.15, 0.2) is 30.3 Å². The average molecular weight is 242 g/mol. The van der Waals surface area contributed by atoms with Crippen molar-refractivity contribution >= 4 is 0 Å². The van der Waals surface area contributed by atoms with E-state index in [1.54, 1.807) is 0 Å². The minimum atomic E-state index is 0.423. The summed E-state index contributed by atoms with van der Waals surface area (Å²) in [7, 11) is 0. The summed E-state index contributed by atoms with van der Waals surface area (Å²) in [6.07, 6.45) is 5.01. The number of para-hydroxylation sites is 1. The zero-order valence-corrected chi connectivity index (χ0v) is 10.4. The van der Waals surface area contributed by atoms with Gasteiger partial charge in [-0.25, -0.2) is 0 Å². The number of hydrogen-bond donors (Lipinski definition) is 1. The highest BCUT2D eigenvalue weighted by molar-refractivity contribution is 5.34.